The van der Waals surface area contributed by atoms with Crippen LogP contribution in [0.1, 0.15) is 39.5 Å². The van der Waals surface area contributed by atoms with Crippen molar-refractivity contribution in [1.29, 1.82) is 0 Å². The second-order valence-electron chi connectivity index (χ2n) is 5.83. The Morgan fingerprint density at radius 3 is 2.73 bits per heavy atom. The van der Waals surface area contributed by atoms with E-state index in [1.807, 2.05) is 0 Å². The molecule has 4 atom stereocenters. The van der Waals surface area contributed by atoms with Gasteiger partial charge in [0.15, 0.2) is 0 Å². The van der Waals surface area contributed by atoms with Gasteiger partial charge in [-0.3, -0.25) is 0 Å². The van der Waals surface area contributed by atoms with Gasteiger partial charge in [0.25, 0.3) is 0 Å². The summed E-state index contributed by atoms with van der Waals surface area (Å²) >= 11 is 0. The van der Waals surface area contributed by atoms with E-state index in [4.69, 9.17) is 5.11 Å². The van der Waals surface area contributed by atoms with Gasteiger partial charge in [-0.2, -0.15) is 0 Å². The van der Waals surface area contributed by atoms with Crippen LogP contribution in [0, 0.1) is 11.8 Å². The number of piperidine rings is 1. The van der Waals surface area contributed by atoms with Gasteiger partial charge in [-0.05, 0) is 45.4 Å². The number of hydrogen-bond acceptors (Lipinski definition) is 3. The highest BCUT2D eigenvalue weighted by molar-refractivity contribution is 5.02. The Morgan fingerprint density at radius 1 is 1.33 bits per heavy atom. The molecule has 3 heteroatoms. The number of aliphatic hydroxyl groups excluding tert-OH is 2. The number of fused-ring (bicyclic) bond motifs is 1. The highest BCUT2D eigenvalue weighted by atomic mass is 16.3. The first-order valence-electron chi connectivity index (χ1n) is 6.10. The molecule has 2 rings (SSSR count). The zero-order chi connectivity index (χ0) is 11.1. The van der Waals surface area contributed by atoms with Gasteiger partial charge in [-0.25, -0.2) is 0 Å². The second kappa shape index (κ2) is 4.04. The summed E-state index contributed by atoms with van der Waals surface area (Å²) in [6.07, 6.45) is 3.85. The molecular weight excluding hydrogens is 190 g/mol. The standard InChI is InChI=1S/C12H23NO2/c1-12(2)7-8-3-4-10(15)11(8)9(13-12)5-6-14/h8-11,13-15H,3-7H2,1-2H3/t8-,9-,10-,11-/m0/s1. The van der Waals surface area contributed by atoms with Crippen molar-refractivity contribution in [2.75, 3.05) is 6.61 Å². The summed E-state index contributed by atoms with van der Waals surface area (Å²) in [6, 6.07) is 0.293. The van der Waals surface area contributed by atoms with Gasteiger partial charge >= 0.3 is 0 Å². The monoisotopic (exact) mass is 213 g/mol. The molecule has 0 aromatic carbocycles. The Labute approximate surface area is 91.9 Å². The van der Waals surface area contributed by atoms with Crippen molar-refractivity contribution in [1.82, 2.24) is 5.32 Å². The minimum Gasteiger partial charge on any atom is -0.396 e. The van der Waals surface area contributed by atoms with Gasteiger partial charge in [-0.1, -0.05) is 0 Å². The van der Waals surface area contributed by atoms with Crippen molar-refractivity contribution in [3.8, 4) is 0 Å². The predicted molar refractivity (Wildman–Crippen MR) is 59.5 cm³/mol. The smallest absolute Gasteiger partial charge is 0.0586 e. The van der Waals surface area contributed by atoms with Crippen molar-refractivity contribution in [3.05, 3.63) is 0 Å². The predicted octanol–water partition coefficient (Wildman–Crippen LogP) is 0.896. The quantitative estimate of drug-likeness (QED) is 0.639. The van der Waals surface area contributed by atoms with Crippen LogP contribution in [0.15, 0.2) is 0 Å². The lowest BCUT2D eigenvalue weighted by Crippen LogP contribution is -2.57. The zero-order valence-corrected chi connectivity index (χ0v) is 9.74. The number of aliphatic hydroxyl groups is 2. The molecule has 2 fully saturated rings. The van der Waals surface area contributed by atoms with Gasteiger partial charge < -0.3 is 15.5 Å². The topological polar surface area (TPSA) is 52.5 Å². The number of nitrogens with one attached hydrogen (secondary N) is 1. The van der Waals surface area contributed by atoms with Crippen molar-refractivity contribution in [2.24, 2.45) is 11.8 Å². The number of rotatable bonds is 2. The molecule has 0 aromatic heterocycles. The van der Waals surface area contributed by atoms with Crippen molar-refractivity contribution >= 4 is 0 Å². The Balaban J connectivity index is 2.12. The summed E-state index contributed by atoms with van der Waals surface area (Å²) in [5.41, 5.74) is 0.158. The van der Waals surface area contributed by atoms with Crippen LogP contribution in [0.25, 0.3) is 0 Å². The van der Waals surface area contributed by atoms with E-state index in [2.05, 4.69) is 19.2 Å². The maximum atomic E-state index is 9.97. The third-order valence-corrected chi connectivity index (χ3v) is 4.08. The summed E-state index contributed by atoms with van der Waals surface area (Å²) in [5.74, 6) is 1.01. The zero-order valence-electron chi connectivity index (χ0n) is 9.74. The van der Waals surface area contributed by atoms with Gasteiger partial charge in [0.05, 0.1) is 6.10 Å². The SMILES string of the molecule is CC1(C)C[C@@H]2CC[C@H](O)[C@@H]2[C@H](CCO)N1. The van der Waals surface area contributed by atoms with Gasteiger partial charge in [0.1, 0.15) is 0 Å². The lowest BCUT2D eigenvalue weighted by Gasteiger charge is -2.45. The molecule has 0 bridgehead atoms. The molecule has 88 valence electrons. The Kier molecular flexibility index (Phi) is 3.06. The van der Waals surface area contributed by atoms with Crippen molar-refractivity contribution < 1.29 is 10.2 Å². The fraction of sp³-hybridized carbons (Fsp3) is 1.00. The summed E-state index contributed by atoms with van der Waals surface area (Å²) in [4.78, 5) is 0. The lowest BCUT2D eigenvalue weighted by molar-refractivity contribution is 0.0344. The first-order valence-corrected chi connectivity index (χ1v) is 6.10. The molecule has 1 aliphatic heterocycles. The van der Waals surface area contributed by atoms with Crippen LogP contribution in [0.5, 0.6) is 0 Å². The van der Waals surface area contributed by atoms with E-state index < -0.39 is 0 Å². The van der Waals surface area contributed by atoms with Gasteiger partial charge in [-0.15, -0.1) is 0 Å². The fourth-order valence-electron chi connectivity index (χ4n) is 3.63. The van der Waals surface area contributed by atoms with Crippen LogP contribution in [0.3, 0.4) is 0 Å². The van der Waals surface area contributed by atoms with Gasteiger partial charge in [0, 0.05) is 24.1 Å². The van der Waals surface area contributed by atoms with Crippen LogP contribution in [-0.2, 0) is 0 Å². The van der Waals surface area contributed by atoms with E-state index in [-0.39, 0.29) is 18.2 Å². The van der Waals surface area contributed by atoms with Crippen LogP contribution >= 0.6 is 0 Å². The van der Waals surface area contributed by atoms with Crippen molar-refractivity contribution in [2.45, 2.75) is 57.2 Å². The molecule has 0 radical (unpaired) electrons. The van der Waals surface area contributed by atoms with Gasteiger partial charge in [0.2, 0.25) is 0 Å². The first-order chi connectivity index (χ1) is 7.03. The Hall–Kier alpha value is -0.120. The number of hydrogen-bond donors (Lipinski definition) is 3. The molecule has 1 saturated carbocycles. The fourth-order valence-corrected chi connectivity index (χ4v) is 3.63. The highest BCUT2D eigenvalue weighted by Gasteiger charge is 2.46. The van der Waals surface area contributed by atoms with Crippen LogP contribution < -0.4 is 5.32 Å². The summed E-state index contributed by atoms with van der Waals surface area (Å²) in [5, 5.41) is 22.6. The van der Waals surface area contributed by atoms with E-state index in [0.29, 0.717) is 17.9 Å². The van der Waals surface area contributed by atoms with Crippen LogP contribution in [0.4, 0.5) is 0 Å². The minimum absolute atomic E-state index is 0.157. The Morgan fingerprint density at radius 2 is 2.07 bits per heavy atom. The first kappa shape index (κ1) is 11.4. The third-order valence-electron chi connectivity index (χ3n) is 4.08. The molecule has 3 nitrogen and oxygen atoms in total. The van der Waals surface area contributed by atoms with E-state index in [9.17, 15) is 5.11 Å². The molecule has 1 heterocycles. The molecule has 3 N–H and O–H groups in total. The molecule has 0 unspecified atom stereocenters. The maximum absolute atomic E-state index is 9.97. The maximum Gasteiger partial charge on any atom is 0.0586 e. The van der Waals surface area contributed by atoms with E-state index in [1.54, 1.807) is 0 Å². The minimum atomic E-state index is -0.157. The molecule has 15 heavy (non-hydrogen) atoms. The molecule has 0 spiro atoms. The molecule has 1 saturated heterocycles. The second-order valence-corrected chi connectivity index (χ2v) is 5.83. The highest BCUT2D eigenvalue weighted by Crippen LogP contribution is 2.43. The largest absolute Gasteiger partial charge is 0.396 e. The van der Waals surface area contributed by atoms with E-state index in [0.717, 1.165) is 25.7 Å². The average molecular weight is 213 g/mol. The lowest BCUT2D eigenvalue weighted by atomic mass is 9.74. The van der Waals surface area contributed by atoms with E-state index in [1.165, 1.54) is 0 Å². The molecular formula is C12H23NO2. The normalized spacial score (nSPS) is 44.0. The third kappa shape index (κ3) is 2.19. The van der Waals surface area contributed by atoms with Crippen LogP contribution in [0.2, 0.25) is 0 Å². The van der Waals surface area contributed by atoms with E-state index >= 15 is 0 Å². The summed E-state index contributed by atoms with van der Waals surface area (Å²) in [6.45, 7) is 4.65. The molecule has 2 aliphatic rings. The Bertz CT molecular complexity index is 230. The van der Waals surface area contributed by atoms with Crippen LogP contribution in [-0.4, -0.2) is 34.5 Å². The average Bonchev–Trinajstić information content (AvgIpc) is 2.46. The van der Waals surface area contributed by atoms with Crippen molar-refractivity contribution in [3.63, 3.8) is 0 Å². The summed E-state index contributed by atoms with van der Waals surface area (Å²) < 4.78 is 0. The molecule has 0 aromatic rings. The molecule has 0 amide bonds. The molecule has 1 aliphatic carbocycles. The summed E-state index contributed by atoms with van der Waals surface area (Å²) in [7, 11) is 0.